The zero-order valence-electron chi connectivity index (χ0n) is 11.7. The molecule has 0 aromatic carbocycles. The second-order valence-corrected chi connectivity index (χ2v) is 6.43. The van der Waals surface area contributed by atoms with Crippen molar-refractivity contribution in [1.82, 2.24) is 14.7 Å². The third-order valence-electron chi connectivity index (χ3n) is 4.81. The second-order valence-electron chi connectivity index (χ2n) is 6.00. The average Bonchev–Trinajstić information content (AvgIpc) is 3.09. The predicted molar refractivity (Wildman–Crippen MR) is 75.8 cm³/mol. The van der Waals surface area contributed by atoms with Gasteiger partial charge in [0, 0.05) is 32.3 Å². The molecular weight excluding hydrogens is 294 g/mol. The molecule has 7 heteroatoms. The molecule has 1 saturated heterocycles. The maximum Gasteiger partial charge on any atom is 0.311 e. The van der Waals surface area contributed by atoms with Gasteiger partial charge in [0.05, 0.1) is 16.6 Å². The van der Waals surface area contributed by atoms with Crippen LogP contribution >= 0.6 is 11.6 Å². The van der Waals surface area contributed by atoms with Gasteiger partial charge in [-0.05, 0) is 18.8 Å². The van der Waals surface area contributed by atoms with E-state index in [4.69, 9.17) is 11.6 Å². The van der Waals surface area contributed by atoms with E-state index in [-0.39, 0.29) is 11.8 Å². The van der Waals surface area contributed by atoms with Gasteiger partial charge in [0.25, 0.3) is 0 Å². The standard InChI is InChI=1S/C14H18ClN3O3/c15-11-6-16-18(8-11)5-3-12(19)17-7-10-2-1-4-14(10,9-17)13(20)21/h6,8,10H,1-5,7,9H2,(H,20,21)/t10-,14+/m0/s1. The molecule has 2 aliphatic rings. The van der Waals surface area contributed by atoms with Crippen molar-refractivity contribution in [1.29, 1.82) is 0 Å². The van der Waals surface area contributed by atoms with E-state index in [1.807, 2.05) is 0 Å². The van der Waals surface area contributed by atoms with Gasteiger partial charge in [-0.1, -0.05) is 18.0 Å². The van der Waals surface area contributed by atoms with Crippen LogP contribution in [0, 0.1) is 11.3 Å². The predicted octanol–water partition coefficient (Wildman–Crippen LogP) is 1.64. The monoisotopic (exact) mass is 311 g/mol. The van der Waals surface area contributed by atoms with Gasteiger partial charge in [-0.25, -0.2) is 0 Å². The Hall–Kier alpha value is -1.56. The van der Waals surface area contributed by atoms with Gasteiger partial charge in [0.15, 0.2) is 0 Å². The molecule has 0 spiro atoms. The highest BCUT2D eigenvalue weighted by molar-refractivity contribution is 6.30. The van der Waals surface area contributed by atoms with Crippen LogP contribution in [0.25, 0.3) is 0 Å². The van der Waals surface area contributed by atoms with Crippen molar-refractivity contribution in [3.63, 3.8) is 0 Å². The number of halogens is 1. The Kier molecular flexibility index (Phi) is 3.65. The number of aliphatic carboxylic acids is 1. The van der Waals surface area contributed by atoms with Crippen LogP contribution in [0.2, 0.25) is 5.02 Å². The number of fused-ring (bicyclic) bond motifs is 1. The average molecular weight is 312 g/mol. The van der Waals surface area contributed by atoms with Gasteiger partial charge in [-0.2, -0.15) is 5.10 Å². The maximum absolute atomic E-state index is 12.3. The van der Waals surface area contributed by atoms with E-state index in [1.165, 1.54) is 6.20 Å². The second kappa shape index (κ2) is 5.33. The number of hydrogen-bond acceptors (Lipinski definition) is 3. The summed E-state index contributed by atoms with van der Waals surface area (Å²) in [5.41, 5.74) is -0.704. The summed E-state index contributed by atoms with van der Waals surface area (Å²) in [5, 5.41) is 14.1. The Morgan fingerprint density at radius 3 is 2.95 bits per heavy atom. The van der Waals surface area contributed by atoms with Crippen molar-refractivity contribution in [3.05, 3.63) is 17.4 Å². The summed E-state index contributed by atoms with van der Waals surface area (Å²) in [5.74, 6) is -0.645. The van der Waals surface area contributed by atoms with Crippen LogP contribution in [0.3, 0.4) is 0 Å². The van der Waals surface area contributed by atoms with E-state index in [1.54, 1.807) is 15.8 Å². The lowest BCUT2D eigenvalue weighted by molar-refractivity contribution is -0.149. The first kappa shape index (κ1) is 14.4. The molecule has 1 aliphatic heterocycles. The van der Waals surface area contributed by atoms with Crippen LogP contribution < -0.4 is 0 Å². The molecule has 2 fully saturated rings. The van der Waals surface area contributed by atoms with E-state index < -0.39 is 11.4 Å². The minimum atomic E-state index is -0.751. The van der Waals surface area contributed by atoms with Crippen LogP contribution in [-0.2, 0) is 16.1 Å². The molecule has 1 saturated carbocycles. The molecule has 0 unspecified atom stereocenters. The summed E-state index contributed by atoms with van der Waals surface area (Å²) < 4.78 is 1.63. The number of carboxylic acid groups (broad SMARTS) is 1. The summed E-state index contributed by atoms with van der Waals surface area (Å²) in [6.45, 7) is 1.39. The van der Waals surface area contributed by atoms with Gasteiger partial charge < -0.3 is 10.0 Å². The van der Waals surface area contributed by atoms with E-state index in [2.05, 4.69) is 5.10 Å². The van der Waals surface area contributed by atoms with Gasteiger partial charge in [-0.15, -0.1) is 0 Å². The molecule has 1 aromatic rings. The van der Waals surface area contributed by atoms with Gasteiger partial charge in [-0.3, -0.25) is 14.3 Å². The Bertz CT molecular complexity index is 574. The Balaban J connectivity index is 1.61. The van der Waals surface area contributed by atoms with Gasteiger partial charge in [0.1, 0.15) is 0 Å². The van der Waals surface area contributed by atoms with Crippen LogP contribution in [-0.4, -0.2) is 44.8 Å². The molecule has 1 aliphatic carbocycles. The highest BCUT2D eigenvalue weighted by atomic mass is 35.5. The summed E-state index contributed by atoms with van der Waals surface area (Å²) in [6, 6.07) is 0. The topological polar surface area (TPSA) is 75.4 Å². The number of aromatic nitrogens is 2. The minimum absolute atomic E-state index is 0.00310. The number of carboxylic acids is 1. The normalized spacial score (nSPS) is 27.9. The smallest absolute Gasteiger partial charge is 0.311 e. The lowest BCUT2D eigenvalue weighted by Gasteiger charge is -2.23. The van der Waals surface area contributed by atoms with E-state index in [0.29, 0.717) is 37.5 Å². The first-order valence-corrected chi connectivity index (χ1v) is 7.58. The zero-order chi connectivity index (χ0) is 15.0. The van der Waals surface area contributed by atoms with Gasteiger partial charge >= 0.3 is 5.97 Å². The summed E-state index contributed by atoms with van der Waals surface area (Å²) in [6.07, 6.45) is 6.07. The van der Waals surface area contributed by atoms with Crippen molar-refractivity contribution in [2.75, 3.05) is 13.1 Å². The van der Waals surface area contributed by atoms with E-state index in [0.717, 1.165) is 12.8 Å². The van der Waals surface area contributed by atoms with E-state index >= 15 is 0 Å². The molecule has 1 amide bonds. The van der Waals surface area contributed by atoms with Crippen LogP contribution in [0.5, 0.6) is 0 Å². The first-order valence-electron chi connectivity index (χ1n) is 7.20. The molecule has 1 aromatic heterocycles. The molecule has 3 rings (SSSR count). The third-order valence-corrected chi connectivity index (χ3v) is 5.00. The summed E-state index contributed by atoms with van der Waals surface area (Å²) in [7, 11) is 0. The minimum Gasteiger partial charge on any atom is -0.481 e. The third kappa shape index (κ3) is 2.52. The summed E-state index contributed by atoms with van der Waals surface area (Å²) >= 11 is 5.78. The zero-order valence-corrected chi connectivity index (χ0v) is 12.4. The Labute approximate surface area is 127 Å². The van der Waals surface area contributed by atoms with Crippen LogP contribution in [0.4, 0.5) is 0 Å². The number of rotatable bonds is 4. The Morgan fingerprint density at radius 1 is 1.52 bits per heavy atom. The molecule has 0 radical (unpaired) electrons. The fourth-order valence-corrected chi connectivity index (χ4v) is 3.81. The molecule has 0 bridgehead atoms. The molecule has 2 atom stereocenters. The molecule has 114 valence electrons. The van der Waals surface area contributed by atoms with E-state index in [9.17, 15) is 14.7 Å². The van der Waals surface area contributed by atoms with Crippen LogP contribution in [0.15, 0.2) is 12.4 Å². The molecule has 2 heterocycles. The number of amides is 1. The fourth-order valence-electron chi connectivity index (χ4n) is 3.66. The fraction of sp³-hybridized carbons (Fsp3) is 0.643. The number of nitrogens with zero attached hydrogens (tertiary/aromatic N) is 3. The highest BCUT2D eigenvalue weighted by Gasteiger charge is 2.55. The molecule has 1 N–H and O–H groups in total. The van der Waals surface area contributed by atoms with Crippen molar-refractivity contribution >= 4 is 23.5 Å². The number of carbonyl (C=O) groups is 2. The van der Waals surface area contributed by atoms with Crippen LogP contribution in [0.1, 0.15) is 25.7 Å². The number of likely N-dealkylation sites (tertiary alicyclic amines) is 1. The van der Waals surface area contributed by atoms with Crippen molar-refractivity contribution in [2.24, 2.45) is 11.3 Å². The summed E-state index contributed by atoms with van der Waals surface area (Å²) in [4.78, 5) is 25.6. The molecule has 21 heavy (non-hydrogen) atoms. The highest BCUT2D eigenvalue weighted by Crippen LogP contribution is 2.48. The number of hydrogen-bond donors (Lipinski definition) is 1. The number of aryl methyl sites for hydroxylation is 1. The largest absolute Gasteiger partial charge is 0.481 e. The number of carbonyl (C=O) groups excluding carboxylic acids is 1. The lowest BCUT2D eigenvalue weighted by Crippen LogP contribution is -2.37. The van der Waals surface area contributed by atoms with Crippen molar-refractivity contribution < 1.29 is 14.7 Å². The Morgan fingerprint density at radius 2 is 2.33 bits per heavy atom. The van der Waals surface area contributed by atoms with Crippen molar-refractivity contribution in [2.45, 2.75) is 32.2 Å². The maximum atomic E-state index is 12.3. The first-order chi connectivity index (χ1) is 10.0. The van der Waals surface area contributed by atoms with Crippen molar-refractivity contribution in [3.8, 4) is 0 Å². The quantitative estimate of drug-likeness (QED) is 0.917. The molecular formula is C14H18ClN3O3. The SMILES string of the molecule is O=C(CCn1cc(Cl)cn1)N1C[C@@H]2CCC[C@@]2(C(=O)O)C1. The van der Waals surface area contributed by atoms with Gasteiger partial charge in [0.2, 0.25) is 5.91 Å². The lowest BCUT2D eigenvalue weighted by atomic mass is 9.81. The molecule has 6 nitrogen and oxygen atoms in total.